The average molecular weight is 293 g/mol. The van der Waals surface area contributed by atoms with Gasteiger partial charge in [-0.2, -0.15) is 0 Å². The molecule has 5 heteroatoms. The number of unbranched alkanes of at least 4 members (excludes halogenated alkanes) is 6. The van der Waals surface area contributed by atoms with E-state index >= 15 is 0 Å². The summed E-state index contributed by atoms with van der Waals surface area (Å²) in [5, 5.41) is 9.03. The number of carboxylic acids is 1. The molecule has 0 aliphatic carbocycles. The second kappa shape index (κ2) is 11.6. The van der Waals surface area contributed by atoms with Gasteiger partial charge in [-0.15, -0.1) is 0 Å². The van der Waals surface area contributed by atoms with Crippen LogP contribution in [0.3, 0.4) is 0 Å². The van der Waals surface area contributed by atoms with E-state index in [0.717, 1.165) is 19.3 Å². The normalized spacial score (nSPS) is 17.9. The maximum atomic E-state index is 12.0. The second-order valence-corrected chi connectivity index (χ2v) is 5.45. The van der Waals surface area contributed by atoms with Crippen molar-refractivity contribution in [1.29, 1.82) is 0 Å². The molecule has 0 aromatic rings. The monoisotopic (exact) mass is 293 g/mol. The van der Waals surface area contributed by atoms with Crippen molar-refractivity contribution in [3.05, 3.63) is 0 Å². The van der Waals surface area contributed by atoms with Crippen LogP contribution in [0.4, 0.5) is 0 Å². The molecule has 1 N–H and O–H groups in total. The van der Waals surface area contributed by atoms with E-state index in [1.165, 1.54) is 32.1 Å². The fourth-order valence-corrected chi connectivity index (χ4v) is 2.70. The number of carbonyl (C=O) groups excluding carboxylic acids is 1. The Morgan fingerprint density at radius 2 is 1.70 bits per heavy atom. The molecule has 1 unspecified atom stereocenters. The molecular weight excluding hydrogens is 265 g/mol. The molecule has 0 bridgehead atoms. The van der Waals surface area contributed by atoms with E-state index in [1.807, 2.05) is 0 Å². The summed E-state index contributed by atoms with van der Waals surface area (Å²) in [6.45, 7) is 2.82. The van der Waals surface area contributed by atoms with Gasteiger partial charge >= 0.3 is 35.5 Å². The van der Waals surface area contributed by atoms with Gasteiger partial charge in [0.15, 0.2) is 0 Å². The number of hydrogen-bond donors (Lipinski definition) is 1. The summed E-state index contributed by atoms with van der Waals surface area (Å²) in [7, 11) is 0. The first kappa shape index (κ1) is 19.9. The average Bonchev–Trinajstić information content (AvgIpc) is 2.87. The fourth-order valence-electron chi connectivity index (χ4n) is 2.70. The predicted molar refractivity (Wildman–Crippen MR) is 82.1 cm³/mol. The number of hydrogen-bond acceptors (Lipinski definition) is 2. The molecular formula is C15H28NNaO3. The maximum absolute atomic E-state index is 12.0. The summed E-state index contributed by atoms with van der Waals surface area (Å²) in [5.41, 5.74) is 0. The molecule has 20 heavy (non-hydrogen) atoms. The molecule has 0 aromatic carbocycles. The van der Waals surface area contributed by atoms with E-state index in [9.17, 15) is 9.59 Å². The number of aliphatic carboxylic acids is 1. The third kappa shape index (κ3) is 7.09. The van der Waals surface area contributed by atoms with Gasteiger partial charge in [0, 0.05) is 13.0 Å². The molecule has 4 nitrogen and oxygen atoms in total. The molecule has 1 atom stereocenters. The summed E-state index contributed by atoms with van der Waals surface area (Å²) in [6.07, 6.45) is 10.2. The second-order valence-electron chi connectivity index (χ2n) is 5.45. The van der Waals surface area contributed by atoms with Gasteiger partial charge in [0.25, 0.3) is 0 Å². The van der Waals surface area contributed by atoms with Crippen LogP contribution in [0.1, 0.15) is 71.1 Å². The van der Waals surface area contributed by atoms with Crippen molar-refractivity contribution in [2.45, 2.75) is 77.2 Å². The zero-order valence-electron chi connectivity index (χ0n) is 12.1. The Morgan fingerprint density at radius 1 is 1.10 bits per heavy atom. The third-order valence-corrected chi connectivity index (χ3v) is 3.85. The molecule has 0 spiro atoms. The van der Waals surface area contributed by atoms with E-state index in [1.54, 1.807) is 4.90 Å². The first-order valence-corrected chi connectivity index (χ1v) is 7.69. The molecule has 1 heterocycles. The zero-order valence-corrected chi connectivity index (χ0v) is 12.1. The van der Waals surface area contributed by atoms with Crippen LogP contribution in [0.5, 0.6) is 0 Å². The van der Waals surface area contributed by atoms with Crippen molar-refractivity contribution in [1.82, 2.24) is 4.90 Å². The molecule has 0 aromatic heterocycles. The van der Waals surface area contributed by atoms with Crippen molar-refractivity contribution in [3.63, 3.8) is 0 Å². The number of likely N-dealkylation sites (tertiary alicyclic amines) is 1. The SMILES string of the molecule is CCCCCCCCCC(=O)N1CCCC1C(=O)O.[NaH]. The van der Waals surface area contributed by atoms with Gasteiger partial charge in [-0.3, -0.25) is 4.79 Å². The van der Waals surface area contributed by atoms with Crippen molar-refractivity contribution >= 4 is 41.4 Å². The van der Waals surface area contributed by atoms with Crippen molar-refractivity contribution in [3.8, 4) is 0 Å². The number of amides is 1. The Hall–Kier alpha value is -0.0600. The Morgan fingerprint density at radius 3 is 2.30 bits per heavy atom. The molecule has 1 fully saturated rings. The van der Waals surface area contributed by atoms with Gasteiger partial charge in [-0.25, -0.2) is 4.79 Å². The van der Waals surface area contributed by atoms with Crippen LogP contribution in [0.25, 0.3) is 0 Å². The number of rotatable bonds is 9. The Bertz CT molecular complexity index is 297. The van der Waals surface area contributed by atoms with Crippen LogP contribution in [0.15, 0.2) is 0 Å². The predicted octanol–water partition coefficient (Wildman–Crippen LogP) is 2.55. The number of nitrogens with zero attached hydrogens (tertiary/aromatic N) is 1. The first-order chi connectivity index (χ1) is 9.16. The van der Waals surface area contributed by atoms with Crippen molar-refractivity contribution < 1.29 is 14.7 Å². The van der Waals surface area contributed by atoms with Gasteiger partial charge in [-0.1, -0.05) is 45.4 Å². The standard InChI is InChI=1S/C15H27NO3.Na.H/c1-2-3-4-5-6-7-8-11-14(17)16-12-9-10-13(16)15(18)19;;/h13H,2-12H2,1H3,(H,18,19);;. The van der Waals surface area contributed by atoms with Gasteiger partial charge in [0.2, 0.25) is 5.91 Å². The molecule has 1 aliphatic rings. The first-order valence-electron chi connectivity index (χ1n) is 7.69. The minimum atomic E-state index is -0.856. The minimum absolute atomic E-state index is 0. The molecule has 112 valence electrons. The molecule has 1 rings (SSSR count). The van der Waals surface area contributed by atoms with E-state index in [-0.39, 0.29) is 35.5 Å². The number of carbonyl (C=O) groups is 2. The Kier molecular flexibility index (Phi) is 11.5. The fraction of sp³-hybridized carbons (Fsp3) is 0.867. The van der Waals surface area contributed by atoms with Crippen LogP contribution >= 0.6 is 0 Å². The summed E-state index contributed by atoms with van der Waals surface area (Å²) < 4.78 is 0. The van der Waals surface area contributed by atoms with E-state index < -0.39 is 12.0 Å². The molecule has 1 aliphatic heterocycles. The Labute approximate surface area is 144 Å². The van der Waals surface area contributed by atoms with E-state index in [2.05, 4.69) is 6.92 Å². The molecule has 0 saturated carbocycles. The molecule has 0 radical (unpaired) electrons. The van der Waals surface area contributed by atoms with Gasteiger partial charge in [0.05, 0.1) is 0 Å². The summed E-state index contributed by atoms with van der Waals surface area (Å²) in [4.78, 5) is 24.5. The number of carboxylic acid groups (broad SMARTS) is 1. The topological polar surface area (TPSA) is 57.6 Å². The molecule has 1 amide bonds. The van der Waals surface area contributed by atoms with Gasteiger partial charge < -0.3 is 10.0 Å². The van der Waals surface area contributed by atoms with Gasteiger partial charge in [0.1, 0.15) is 6.04 Å². The summed E-state index contributed by atoms with van der Waals surface area (Å²) in [6, 6.07) is -0.572. The third-order valence-electron chi connectivity index (χ3n) is 3.85. The van der Waals surface area contributed by atoms with E-state index in [0.29, 0.717) is 19.4 Å². The van der Waals surface area contributed by atoms with Crippen LogP contribution < -0.4 is 0 Å². The quantitative estimate of drug-likeness (QED) is 0.525. The van der Waals surface area contributed by atoms with E-state index in [4.69, 9.17) is 5.11 Å². The van der Waals surface area contributed by atoms with Gasteiger partial charge in [-0.05, 0) is 19.3 Å². The van der Waals surface area contributed by atoms with Crippen molar-refractivity contribution in [2.75, 3.05) is 6.54 Å². The zero-order chi connectivity index (χ0) is 14.1. The van der Waals surface area contributed by atoms with Crippen LogP contribution in [-0.4, -0.2) is 64.0 Å². The Balaban J connectivity index is 0.00000361. The summed E-state index contributed by atoms with van der Waals surface area (Å²) in [5.74, 6) is -0.830. The summed E-state index contributed by atoms with van der Waals surface area (Å²) >= 11 is 0. The van der Waals surface area contributed by atoms with Crippen LogP contribution in [-0.2, 0) is 9.59 Å². The van der Waals surface area contributed by atoms with Crippen LogP contribution in [0, 0.1) is 0 Å². The molecule has 1 saturated heterocycles. The van der Waals surface area contributed by atoms with Crippen molar-refractivity contribution in [2.24, 2.45) is 0 Å². The van der Waals surface area contributed by atoms with Crippen LogP contribution in [0.2, 0.25) is 0 Å².